The van der Waals surface area contributed by atoms with Gasteiger partial charge in [-0.2, -0.15) is 0 Å². The van der Waals surface area contributed by atoms with Gasteiger partial charge in [-0.25, -0.2) is 0 Å². The summed E-state index contributed by atoms with van der Waals surface area (Å²) in [6.07, 6.45) is 0.561. The van der Waals surface area contributed by atoms with Gasteiger partial charge in [0, 0.05) is 15.5 Å². The molecule has 0 saturated carbocycles. The zero-order valence-corrected chi connectivity index (χ0v) is 8.93. The number of hydrogen-bond donors (Lipinski definition) is 2. The van der Waals surface area contributed by atoms with Crippen LogP contribution in [0.2, 0.25) is 0 Å². The van der Waals surface area contributed by atoms with Crippen LogP contribution >= 0.6 is 9.47 Å². The Labute approximate surface area is 82.3 Å². The smallest absolute Gasteiger partial charge is 0.114 e. The molecule has 3 atom stereocenters. The Bertz CT molecular complexity index is 132. The summed E-state index contributed by atoms with van der Waals surface area (Å²) in [5.74, 6) is 0. The largest absolute Gasteiger partial charge is 0.395 e. The summed E-state index contributed by atoms with van der Waals surface area (Å²) < 4.78 is 10.1. The normalized spacial score (nSPS) is 18.2. The van der Waals surface area contributed by atoms with Gasteiger partial charge in [0.05, 0.1) is 19.8 Å². The second-order valence-electron chi connectivity index (χ2n) is 2.84. The summed E-state index contributed by atoms with van der Waals surface area (Å²) in [6.45, 7) is 1.60. The third-order valence-electron chi connectivity index (χ3n) is 1.86. The van der Waals surface area contributed by atoms with Crippen LogP contribution in [0.25, 0.3) is 0 Å². The Hall–Kier alpha value is 0.335. The average Bonchev–Trinajstić information content (AvgIpc) is 2.17. The van der Waals surface area contributed by atoms with Crippen molar-refractivity contribution in [3.8, 4) is 0 Å². The van der Waals surface area contributed by atoms with Crippen LogP contribution < -0.4 is 0 Å². The summed E-state index contributed by atoms with van der Waals surface area (Å²) in [7, 11) is 7.48. The Balaban J connectivity index is 4.19. The first-order chi connectivity index (χ1) is 6.14. The van der Waals surface area contributed by atoms with Gasteiger partial charge in [-0.1, -0.05) is 6.92 Å². The van der Waals surface area contributed by atoms with Crippen molar-refractivity contribution in [3.63, 3.8) is 0 Å². The molecule has 76 valence electrons. The van der Waals surface area contributed by atoms with Gasteiger partial charge in [-0.05, 0) is 6.42 Å². The zero-order valence-electron chi connectivity index (χ0n) is 7.77. The van der Waals surface area contributed by atoms with Gasteiger partial charge < -0.3 is 19.5 Å². The molecule has 0 spiro atoms. The van der Waals surface area contributed by atoms with Crippen LogP contribution in [0, 0.1) is 0 Å². The highest BCUT2D eigenvalue weighted by Crippen LogP contribution is 2.18. The molecule has 4 nitrogen and oxygen atoms in total. The molecule has 0 aliphatic rings. The Kier molecular flexibility index (Phi) is 6.91. The highest BCUT2D eigenvalue weighted by atomic mass is 31.0. The van der Waals surface area contributed by atoms with Crippen LogP contribution in [0.1, 0.15) is 13.3 Å². The molecular formula is C7H16BO4P. The lowest BCUT2D eigenvalue weighted by molar-refractivity contribution is -0.124. The van der Waals surface area contributed by atoms with E-state index in [4.69, 9.17) is 27.3 Å². The van der Waals surface area contributed by atoms with Crippen molar-refractivity contribution in [1.29, 1.82) is 0 Å². The second-order valence-corrected chi connectivity index (χ2v) is 3.18. The minimum atomic E-state index is -0.816. The molecule has 2 radical (unpaired) electrons. The molecule has 0 aromatic heterocycles. The van der Waals surface area contributed by atoms with Crippen molar-refractivity contribution in [1.82, 2.24) is 0 Å². The number of aliphatic hydroxyl groups excluding tert-OH is 2. The quantitative estimate of drug-likeness (QED) is 0.433. The zero-order chi connectivity index (χ0) is 10.3. The fourth-order valence-electron chi connectivity index (χ4n) is 0.924. The van der Waals surface area contributed by atoms with Crippen LogP contribution in [0.15, 0.2) is 0 Å². The SMILES string of the molecule is [B]C(CO)OC(CC)(CO)COP. The van der Waals surface area contributed by atoms with Gasteiger partial charge in [-0.3, -0.25) is 0 Å². The first-order valence-corrected chi connectivity index (χ1v) is 4.58. The second kappa shape index (κ2) is 6.74. The van der Waals surface area contributed by atoms with E-state index >= 15 is 0 Å². The lowest BCUT2D eigenvalue weighted by Gasteiger charge is -2.32. The van der Waals surface area contributed by atoms with E-state index in [1.165, 1.54) is 0 Å². The molecule has 0 amide bonds. The molecule has 0 fully saturated rings. The molecule has 13 heavy (non-hydrogen) atoms. The molecule has 0 heterocycles. The number of rotatable bonds is 7. The van der Waals surface area contributed by atoms with Crippen molar-refractivity contribution < 1.29 is 19.5 Å². The molecule has 0 aromatic rings. The van der Waals surface area contributed by atoms with E-state index in [0.29, 0.717) is 6.42 Å². The molecule has 0 saturated heterocycles. The van der Waals surface area contributed by atoms with E-state index in [1.807, 2.05) is 6.92 Å². The number of aliphatic hydroxyl groups is 2. The molecule has 0 bridgehead atoms. The standard InChI is InChI=1S/C7H16BO4P/c1-2-7(4-10,5-11-13)12-6(8)3-9/h6,9-10H,2-5,13H2,1H3. The monoisotopic (exact) mass is 206 g/mol. The molecule has 0 aromatic carbocycles. The minimum Gasteiger partial charge on any atom is -0.395 e. The van der Waals surface area contributed by atoms with E-state index in [2.05, 4.69) is 9.47 Å². The topological polar surface area (TPSA) is 58.9 Å². The summed E-state index contributed by atoms with van der Waals surface area (Å²) in [6, 6.07) is -0.785. The fraction of sp³-hybridized carbons (Fsp3) is 1.00. The molecule has 3 unspecified atom stereocenters. The molecule has 6 heteroatoms. The maximum atomic E-state index is 9.10. The van der Waals surface area contributed by atoms with Gasteiger partial charge in [0.15, 0.2) is 0 Å². The van der Waals surface area contributed by atoms with E-state index in [9.17, 15) is 0 Å². The van der Waals surface area contributed by atoms with E-state index in [-0.39, 0.29) is 19.8 Å². The van der Waals surface area contributed by atoms with Gasteiger partial charge in [0.2, 0.25) is 0 Å². The van der Waals surface area contributed by atoms with Gasteiger partial charge >= 0.3 is 0 Å². The Morgan fingerprint density at radius 3 is 2.46 bits per heavy atom. The molecule has 0 aliphatic heterocycles. The maximum absolute atomic E-state index is 9.10. The lowest BCUT2D eigenvalue weighted by atomic mass is 9.97. The first kappa shape index (κ1) is 13.3. The van der Waals surface area contributed by atoms with E-state index in [1.54, 1.807) is 0 Å². The van der Waals surface area contributed by atoms with Gasteiger partial charge in [0.25, 0.3) is 0 Å². The highest BCUT2D eigenvalue weighted by molar-refractivity contribution is 7.09. The van der Waals surface area contributed by atoms with Crippen molar-refractivity contribution in [2.75, 3.05) is 19.8 Å². The number of hydrogen-bond acceptors (Lipinski definition) is 4. The fourth-order valence-corrected chi connectivity index (χ4v) is 1.23. The van der Waals surface area contributed by atoms with Gasteiger partial charge in [-0.15, -0.1) is 0 Å². The summed E-state index contributed by atoms with van der Waals surface area (Å²) in [5.41, 5.74) is -0.816. The molecule has 2 N–H and O–H groups in total. The van der Waals surface area contributed by atoms with Gasteiger partial charge in [0.1, 0.15) is 13.4 Å². The van der Waals surface area contributed by atoms with Crippen molar-refractivity contribution in [3.05, 3.63) is 0 Å². The van der Waals surface area contributed by atoms with Crippen LogP contribution in [0.5, 0.6) is 0 Å². The predicted octanol–water partition coefficient (Wildman–Crippen LogP) is -0.562. The number of ether oxygens (including phenoxy) is 1. The molecule has 0 rings (SSSR count). The summed E-state index contributed by atoms with van der Waals surface area (Å²) in [5, 5.41) is 17.8. The lowest BCUT2D eigenvalue weighted by Crippen LogP contribution is -2.44. The summed E-state index contributed by atoms with van der Waals surface area (Å²) >= 11 is 0. The third kappa shape index (κ3) is 4.38. The van der Waals surface area contributed by atoms with Crippen molar-refractivity contribution in [2.24, 2.45) is 0 Å². The average molecular weight is 206 g/mol. The van der Waals surface area contributed by atoms with Crippen LogP contribution in [-0.2, 0) is 9.26 Å². The van der Waals surface area contributed by atoms with E-state index in [0.717, 1.165) is 0 Å². The maximum Gasteiger partial charge on any atom is 0.114 e. The van der Waals surface area contributed by atoms with Crippen molar-refractivity contribution in [2.45, 2.75) is 24.9 Å². The highest BCUT2D eigenvalue weighted by Gasteiger charge is 2.30. The Morgan fingerprint density at radius 2 is 2.15 bits per heavy atom. The van der Waals surface area contributed by atoms with Crippen molar-refractivity contribution >= 4 is 17.3 Å². The van der Waals surface area contributed by atoms with Crippen LogP contribution in [0.3, 0.4) is 0 Å². The molecular weight excluding hydrogens is 190 g/mol. The molecule has 0 aliphatic carbocycles. The third-order valence-corrected chi connectivity index (χ3v) is 2.03. The predicted molar refractivity (Wildman–Crippen MR) is 53.5 cm³/mol. The summed E-state index contributed by atoms with van der Waals surface area (Å²) in [4.78, 5) is 0. The first-order valence-electron chi connectivity index (χ1n) is 4.11. The van der Waals surface area contributed by atoms with E-state index < -0.39 is 11.6 Å². The van der Waals surface area contributed by atoms with Crippen LogP contribution in [0.4, 0.5) is 0 Å². The van der Waals surface area contributed by atoms with Crippen LogP contribution in [-0.4, -0.2) is 49.5 Å². The Morgan fingerprint density at radius 1 is 1.54 bits per heavy atom. The minimum absolute atomic E-state index is 0.189.